The van der Waals surface area contributed by atoms with Crippen molar-refractivity contribution in [2.75, 3.05) is 13.2 Å². The molecule has 2 amide bonds. The largest absolute Gasteiger partial charge is 0.455 e. The molecule has 3 rings (SSSR count). The summed E-state index contributed by atoms with van der Waals surface area (Å²) in [5.74, 6) is -1.48. The van der Waals surface area contributed by atoms with Crippen LogP contribution in [0.25, 0.3) is 0 Å². The fraction of sp³-hybridized carbons (Fsp3) is 0.318. The second-order valence-corrected chi connectivity index (χ2v) is 6.97. The Morgan fingerprint density at radius 1 is 1.11 bits per heavy atom. The van der Waals surface area contributed by atoms with Crippen molar-refractivity contribution in [1.29, 1.82) is 0 Å². The van der Waals surface area contributed by atoms with Gasteiger partial charge in [0.05, 0.1) is 12.0 Å². The topological polar surface area (TPSA) is 75.7 Å². The monoisotopic (exact) mass is 380 g/mol. The third-order valence-corrected chi connectivity index (χ3v) is 4.79. The van der Waals surface area contributed by atoms with Gasteiger partial charge in [0, 0.05) is 19.5 Å². The molecule has 28 heavy (non-hydrogen) atoms. The van der Waals surface area contributed by atoms with Gasteiger partial charge in [0.2, 0.25) is 5.91 Å². The van der Waals surface area contributed by atoms with Crippen LogP contribution in [0.1, 0.15) is 30.5 Å². The fourth-order valence-electron chi connectivity index (χ4n) is 3.25. The van der Waals surface area contributed by atoms with Crippen LogP contribution < -0.4 is 5.32 Å². The zero-order valence-electron chi connectivity index (χ0n) is 15.8. The summed E-state index contributed by atoms with van der Waals surface area (Å²) < 4.78 is 5.14. The Hall–Kier alpha value is -3.15. The molecule has 1 saturated heterocycles. The average Bonchev–Trinajstić information content (AvgIpc) is 3.08. The summed E-state index contributed by atoms with van der Waals surface area (Å²) in [6.45, 7) is 2.30. The van der Waals surface area contributed by atoms with Crippen molar-refractivity contribution in [3.63, 3.8) is 0 Å². The van der Waals surface area contributed by atoms with Gasteiger partial charge in [-0.15, -0.1) is 0 Å². The molecule has 6 heteroatoms. The summed E-state index contributed by atoms with van der Waals surface area (Å²) in [7, 11) is 0. The van der Waals surface area contributed by atoms with Gasteiger partial charge in [-0.2, -0.15) is 0 Å². The highest BCUT2D eigenvalue weighted by atomic mass is 16.5. The van der Waals surface area contributed by atoms with Gasteiger partial charge in [-0.05, 0) is 18.1 Å². The van der Waals surface area contributed by atoms with E-state index in [0.29, 0.717) is 13.1 Å². The van der Waals surface area contributed by atoms with Crippen LogP contribution in [-0.4, -0.2) is 35.8 Å². The number of carbonyl (C=O) groups excluding carboxylic acids is 3. The van der Waals surface area contributed by atoms with Crippen molar-refractivity contribution >= 4 is 17.8 Å². The van der Waals surface area contributed by atoms with Crippen molar-refractivity contribution in [2.45, 2.75) is 25.9 Å². The SMILES string of the molecule is CC(NC(=O)COC(=O)C1CC(=O)N(Cc2ccccc2)C1)c1ccccc1. The first-order chi connectivity index (χ1) is 13.5. The highest BCUT2D eigenvalue weighted by Crippen LogP contribution is 2.21. The van der Waals surface area contributed by atoms with Crippen LogP contribution in [0.4, 0.5) is 0 Å². The molecule has 1 aliphatic rings. The second kappa shape index (κ2) is 9.17. The van der Waals surface area contributed by atoms with E-state index in [1.165, 1.54) is 0 Å². The maximum absolute atomic E-state index is 12.3. The molecule has 1 N–H and O–H groups in total. The molecule has 2 atom stereocenters. The number of hydrogen-bond donors (Lipinski definition) is 1. The van der Waals surface area contributed by atoms with Crippen molar-refractivity contribution in [2.24, 2.45) is 5.92 Å². The van der Waals surface area contributed by atoms with Crippen molar-refractivity contribution in [3.8, 4) is 0 Å². The zero-order valence-corrected chi connectivity index (χ0v) is 15.8. The van der Waals surface area contributed by atoms with E-state index in [1.807, 2.05) is 67.6 Å². The van der Waals surface area contributed by atoms with Gasteiger partial charge in [0.25, 0.3) is 5.91 Å². The lowest BCUT2D eigenvalue weighted by Crippen LogP contribution is -2.32. The van der Waals surface area contributed by atoms with Gasteiger partial charge in [-0.3, -0.25) is 14.4 Å². The van der Waals surface area contributed by atoms with Crippen LogP contribution >= 0.6 is 0 Å². The zero-order chi connectivity index (χ0) is 19.9. The van der Waals surface area contributed by atoms with Crippen LogP contribution in [0, 0.1) is 5.92 Å². The first-order valence-corrected chi connectivity index (χ1v) is 9.35. The number of hydrogen-bond acceptors (Lipinski definition) is 4. The van der Waals surface area contributed by atoms with Crippen LogP contribution in [0.15, 0.2) is 60.7 Å². The fourth-order valence-corrected chi connectivity index (χ4v) is 3.25. The molecule has 2 unspecified atom stereocenters. The highest BCUT2D eigenvalue weighted by Gasteiger charge is 2.35. The van der Waals surface area contributed by atoms with E-state index in [9.17, 15) is 14.4 Å². The van der Waals surface area contributed by atoms with Crippen molar-refractivity contribution < 1.29 is 19.1 Å². The van der Waals surface area contributed by atoms with Gasteiger partial charge in [-0.1, -0.05) is 60.7 Å². The number of likely N-dealkylation sites (tertiary alicyclic amines) is 1. The minimum absolute atomic E-state index is 0.0760. The third-order valence-electron chi connectivity index (χ3n) is 4.79. The molecule has 1 heterocycles. The van der Waals surface area contributed by atoms with Crippen molar-refractivity contribution in [3.05, 3.63) is 71.8 Å². The van der Waals surface area contributed by atoms with Gasteiger partial charge in [0.1, 0.15) is 0 Å². The lowest BCUT2D eigenvalue weighted by atomic mass is 10.1. The Morgan fingerprint density at radius 2 is 1.75 bits per heavy atom. The van der Waals surface area contributed by atoms with E-state index < -0.39 is 11.9 Å². The van der Waals surface area contributed by atoms with Crippen LogP contribution in [0.2, 0.25) is 0 Å². The number of nitrogens with zero attached hydrogens (tertiary/aromatic N) is 1. The summed E-state index contributed by atoms with van der Waals surface area (Å²) in [5, 5.41) is 2.80. The molecule has 0 spiro atoms. The van der Waals surface area contributed by atoms with Crippen molar-refractivity contribution in [1.82, 2.24) is 10.2 Å². The molecule has 0 saturated carbocycles. The molecule has 0 bridgehead atoms. The summed E-state index contributed by atoms with van der Waals surface area (Å²) in [5.41, 5.74) is 1.99. The van der Waals surface area contributed by atoms with Gasteiger partial charge >= 0.3 is 5.97 Å². The number of esters is 1. The Kier molecular flexibility index (Phi) is 6.42. The number of nitrogens with one attached hydrogen (secondary N) is 1. The van der Waals surface area contributed by atoms with E-state index in [2.05, 4.69) is 5.32 Å². The standard InChI is InChI=1S/C22H24N2O4/c1-16(18-10-6-3-7-11-18)23-20(25)15-28-22(27)19-12-21(26)24(14-19)13-17-8-4-2-5-9-17/h2-11,16,19H,12-15H2,1H3,(H,23,25). The number of amides is 2. The first-order valence-electron chi connectivity index (χ1n) is 9.35. The highest BCUT2D eigenvalue weighted by molar-refractivity contribution is 5.88. The quantitative estimate of drug-likeness (QED) is 0.749. The normalized spacial score (nSPS) is 17.2. The lowest BCUT2D eigenvalue weighted by molar-refractivity contribution is -0.152. The third kappa shape index (κ3) is 5.19. The molecule has 0 radical (unpaired) electrons. The van der Waals surface area contributed by atoms with E-state index in [1.54, 1.807) is 4.90 Å². The molecule has 0 aliphatic carbocycles. The average molecular weight is 380 g/mol. The molecule has 2 aromatic carbocycles. The summed E-state index contributed by atoms with van der Waals surface area (Å²) in [6, 6.07) is 19.0. The number of ether oxygens (including phenoxy) is 1. The predicted octanol–water partition coefficient (Wildman–Crippen LogP) is 2.46. The molecular weight excluding hydrogens is 356 g/mol. The van der Waals surface area contributed by atoms with E-state index >= 15 is 0 Å². The molecule has 146 valence electrons. The van der Waals surface area contributed by atoms with Crippen LogP contribution in [-0.2, 0) is 25.7 Å². The Bertz CT molecular complexity index is 823. The maximum atomic E-state index is 12.3. The lowest BCUT2D eigenvalue weighted by Gasteiger charge is -2.17. The smallest absolute Gasteiger partial charge is 0.311 e. The minimum Gasteiger partial charge on any atom is -0.455 e. The molecule has 2 aromatic rings. The molecular formula is C22H24N2O4. The Balaban J connectivity index is 1.44. The Morgan fingerprint density at radius 3 is 2.43 bits per heavy atom. The van der Waals surface area contributed by atoms with Gasteiger partial charge < -0.3 is 15.0 Å². The predicted molar refractivity (Wildman–Crippen MR) is 104 cm³/mol. The summed E-state index contributed by atoms with van der Waals surface area (Å²) in [6.07, 6.45) is 0.119. The summed E-state index contributed by atoms with van der Waals surface area (Å²) >= 11 is 0. The molecule has 1 aliphatic heterocycles. The summed E-state index contributed by atoms with van der Waals surface area (Å²) in [4.78, 5) is 38.1. The van der Waals surface area contributed by atoms with E-state index in [4.69, 9.17) is 4.74 Å². The molecule has 0 aromatic heterocycles. The second-order valence-electron chi connectivity index (χ2n) is 6.97. The van der Waals surface area contributed by atoms with E-state index in [0.717, 1.165) is 11.1 Å². The minimum atomic E-state index is -0.532. The first kappa shape index (κ1) is 19.6. The van der Waals surface area contributed by atoms with Gasteiger partial charge in [-0.25, -0.2) is 0 Å². The number of rotatable bonds is 7. The van der Waals surface area contributed by atoms with Crippen LogP contribution in [0.3, 0.4) is 0 Å². The molecule has 6 nitrogen and oxygen atoms in total. The number of benzene rings is 2. The molecule has 1 fully saturated rings. The van der Waals surface area contributed by atoms with E-state index in [-0.39, 0.29) is 30.9 Å². The Labute approximate surface area is 164 Å². The van der Waals surface area contributed by atoms with Gasteiger partial charge in [0.15, 0.2) is 6.61 Å². The number of carbonyl (C=O) groups is 3. The van der Waals surface area contributed by atoms with Crippen LogP contribution in [0.5, 0.6) is 0 Å². The maximum Gasteiger partial charge on any atom is 0.311 e.